The largest absolute Gasteiger partial charge is 0.496 e. The third kappa shape index (κ3) is 4.11. The Balaban J connectivity index is 2.26. The van der Waals surface area contributed by atoms with Crippen LogP contribution in [0.15, 0.2) is 45.6 Å². The Morgan fingerprint density at radius 2 is 2.17 bits per heavy atom. The van der Waals surface area contributed by atoms with Gasteiger partial charge in [0, 0.05) is 6.07 Å². The summed E-state index contributed by atoms with van der Waals surface area (Å²) in [6, 6.07) is 10.2. The number of carbonyl (C=O) groups is 1. The van der Waals surface area contributed by atoms with E-state index in [9.17, 15) is 9.59 Å². The van der Waals surface area contributed by atoms with Crippen molar-refractivity contribution in [1.29, 1.82) is 5.26 Å². The molecule has 6 heteroatoms. The maximum Gasteiger partial charge on any atom is 0.351 e. The summed E-state index contributed by atoms with van der Waals surface area (Å²) in [5.41, 5.74) is -0.210. The molecule has 0 aliphatic rings. The van der Waals surface area contributed by atoms with Crippen LogP contribution in [0, 0.1) is 18.3 Å². The van der Waals surface area contributed by atoms with Crippen LogP contribution in [0.1, 0.15) is 21.7 Å². The molecule has 0 aliphatic carbocycles. The Morgan fingerprint density at radius 1 is 1.38 bits per heavy atom. The van der Waals surface area contributed by atoms with Gasteiger partial charge in [0.2, 0.25) is 0 Å². The number of hydrogen-bond donors (Lipinski definition) is 0. The van der Waals surface area contributed by atoms with E-state index in [1.807, 2.05) is 6.07 Å². The molecule has 0 aliphatic heterocycles. The zero-order valence-electron chi connectivity index (χ0n) is 13.2. The van der Waals surface area contributed by atoms with Gasteiger partial charge in [0.25, 0.3) is 0 Å². The normalized spacial score (nSPS) is 10.4. The first-order chi connectivity index (χ1) is 11.5. The summed E-state index contributed by atoms with van der Waals surface area (Å²) in [6.45, 7) is 1.54. The number of allylic oxidation sites excluding steroid dienone is 1. The van der Waals surface area contributed by atoms with Crippen LogP contribution in [0.2, 0.25) is 0 Å². The van der Waals surface area contributed by atoms with Crippen LogP contribution in [-0.2, 0) is 0 Å². The molecule has 0 N–H and O–H groups in total. The fourth-order valence-corrected chi connectivity index (χ4v) is 2.05. The molecule has 0 spiro atoms. The van der Waals surface area contributed by atoms with Crippen LogP contribution in [0.4, 0.5) is 0 Å². The fraction of sp³-hybridized carbons (Fsp3) is 0.167. The highest BCUT2D eigenvalue weighted by Gasteiger charge is 2.17. The lowest BCUT2D eigenvalue weighted by Crippen LogP contribution is -2.14. The van der Waals surface area contributed by atoms with Gasteiger partial charge in [-0.15, -0.1) is 0 Å². The number of ether oxygens (including phenoxy) is 2. The molecule has 0 radical (unpaired) electrons. The molecule has 122 valence electrons. The minimum Gasteiger partial charge on any atom is -0.496 e. The van der Waals surface area contributed by atoms with Gasteiger partial charge in [0.05, 0.1) is 7.11 Å². The predicted molar refractivity (Wildman–Crippen MR) is 87.2 cm³/mol. The molecular weight excluding hydrogens is 310 g/mol. The standard InChI is InChI=1S/C18H15NO5/c1-12-10-16(22-2)17(18(21)24-12)15(20)7-6-13-4-3-5-14(11-13)23-9-8-19/h3-7,10-11H,9H2,1-2H3. The summed E-state index contributed by atoms with van der Waals surface area (Å²) < 4.78 is 15.2. The van der Waals surface area contributed by atoms with E-state index in [0.717, 1.165) is 0 Å². The van der Waals surface area contributed by atoms with E-state index in [2.05, 4.69) is 0 Å². The maximum atomic E-state index is 12.3. The average Bonchev–Trinajstić information content (AvgIpc) is 2.57. The zero-order chi connectivity index (χ0) is 17.5. The van der Waals surface area contributed by atoms with E-state index in [1.54, 1.807) is 37.3 Å². The molecule has 6 nitrogen and oxygen atoms in total. The van der Waals surface area contributed by atoms with E-state index in [-0.39, 0.29) is 17.9 Å². The van der Waals surface area contributed by atoms with Crippen LogP contribution in [-0.4, -0.2) is 19.5 Å². The van der Waals surface area contributed by atoms with Gasteiger partial charge in [0.1, 0.15) is 28.9 Å². The van der Waals surface area contributed by atoms with E-state index in [0.29, 0.717) is 17.1 Å². The van der Waals surface area contributed by atoms with E-state index in [4.69, 9.17) is 19.2 Å². The van der Waals surface area contributed by atoms with Crippen molar-refractivity contribution in [2.75, 3.05) is 13.7 Å². The Bertz CT molecular complexity index is 874. The molecule has 24 heavy (non-hydrogen) atoms. The van der Waals surface area contributed by atoms with Gasteiger partial charge in [-0.05, 0) is 30.7 Å². The molecule has 1 aromatic heterocycles. The molecule has 0 bridgehead atoms. The molecule has 0 amide bonds. The monoisotopic (exact) mass is 325 g/mol. The number of nitrogens with zero attached hydrogens (tertiary/aromatic N) is 1. The topological polar surface area (TPSA) is 89.5 Å². The van der Waals surface area contributed by atoms with Gasteiger partial charge in [-0.25, -0.2) is 4.79 Å². The van der Waals surface area contributed by atoms with Crippen molar-refractivity contribution in [3.05, 3.63) is 63.7 Å². The van der Waals surface area contributed by atoms with Crippen molar-refractivity contribution in [2.45, 2.75) is 6.92 Å². The van der Waals surface area contributed by atoms with Crippen molar-refractivity contribution < 1.29 is 18.7 Å². The fourth-order valence-electron chi connectivity index (χ4n) is 2.05. The molecule has 0 atom stereocenters. The lowest BCUT2D eigenvalue weighted by atomic mass is 10.1. The lowest BCUT2D eigenvalue weighted by molar-refractivity contribution is 0.104. The summed E-state index contributed by atoms with van der Waals surface area (Å²) in [5, 5.41) is 8.51. The van der Waals surface area contributed by atoms with E-state index in [1.165, 1.54) is 19.3 Å². The number of ketones is 1. The third-order valence-electron chi connectivity index (χ3n) is 3.09. The van der Waals surface area contributed by atoms with Crippen LogP contribution in [0.25, 0.3) is 6.08 Å². The quantitative estimate of drug-likeness (QED) is 0.599. The maximum absolute atomic E-state index is 12.3. The second-order valence-corrected chi connectivity index (χ2v) is 4.80. The van der Waals surface area contributed by atoms with Crippen LogP contribution >= 0.6 is 0 Å². The van der Waals surface area contributed by atoms with Gasteiger partial charge < -0.3 is 13.9 Å². The summed E-state index contributed by atoms with van der Waals surface area (Å²) in [6.07, 6.45) is 2.80. The van der Waals surface area contributed by atoms with Crippen molar-refractivity contribution >= 4 is 11.9 Å². The molecular formula is C18H15NO5. The smallest absolute Gasteiger partial charge is 0.351 e. The van der Waals surface area contributed by atoms with Crippen LogP contribution in [0.3, 0.4) is 0 Å². The average molecular weight is 325 g/mol. The Labute approximate surface area is 138 Å². The Hall–Kier alpha value is -3.33. The van der Waals surface area contributed by atoms with Gasteiger partial charge in [-0.1, -0.05) is 18.2 Å². The minimum atomic E-state index is -0.743. The van der Waals surface area contributed by atoms with Crippen molar-refractivity contribution in [2.24, 2.45) is 0 Å². The molecule has 0 saturated carbocycles. The van der Waals surface area contributed by atoms with E-state index < -0.39 is 11.4 Å². The molecule has 1 aromatic carbocycles. The summed E-state index contributed by atoms with van der Waals surface area (Å²) in [5.74, 6) is 0.520. The zero-order valence-corrected chi connectivity index (χ0v) is 13.2. The SMILES string of the molecule is COc1cc(C)oc(=O)c1C(=O)C=Cc1cccc(OCC#N)c1. The number of aryl methyl sites for hydroxylation is 1. The highest BCUT2D eigenvalue weighted by molar-refractivity contribution is 6.08. The highest BCUT2D eigenvalue weighted by atomic mass is 16.5. The first-order valence-electron chi connectivity index (χ1n) is 7.06. The second kappa shape index (κ2) is 7.79. The predicted octanol–water partition coefficient (Wildman–Crippen LogP) is 2.76. The molecule has 2 rings (SSSR count). The molecule has 0 fully saturated rings. The van der Waals surface area contributed by atoms with Crippen molar-refractivity contribution in [3.8, 4) is 17.6 Å². The Morgan fingerprint density at radius 3 is 2.88 bits per heavy atom. The van der Waals surface area contributed by atoms with Gasteiger partial charge in [-0.3, -0.25) is 4.79 Å². The molecule has 2 aromatic rings. The summed E-state index contributed by atoms with van der Waals surface area (Å²) in [4.78, 5) is 24.2. The lowest BCUT2D eigenvalue weighted by Gasteiger charge is -2.05. The first kappa shape index (κ1) is 17.0. The first-order valence-corrected chi connectivity index (χ1v) is 7.06. The summed E-state index contributed by atoms with van der Waals surface area (Å²) >= 11 is 0. The van der Waals surface area contributed by atoms with Gasteiger partial charge in [-0.2, -0.15) is 5.26 Å². The Kier molecular flexibility index (Phi) is 5.53. The number of nitriles is 1. The number of rotatable bonds is 6. The number of methoxy groups -OCH3 is 1. The van der Waals surface area contributed by atoms with E-state index >= 15 is 0 Å². The van der Waals surface area contributed by atoms with Crippen LogP contribution < -0.4 is 15.1 Å². The third-order valence-corrected chi connectivity index (χ3v) is 3.09. The van der Waals surface area contributed by atoms with Crippen molar-refractivity contribution in [1.82, 2.24) is 0 Å². The second-order valence-electron chi connectivity index (χ2n) is 4.80. The number of hydrogen-bond acceptors (Lipinski definition) is 6. The minimum absolute atomic E-state index is 0.0618. The van der Waals surface area contributed by atoms with Crippen LogP contribution in [0.5, 0.6) is 11.5 Å². The van der Waals surface area contributed by atoms with Crippen molar-refractivity contribution in [3.63, 3.8) is 0 Å². The van der Waals surface area contributed by atoms with Gasteiger partial charge in [0.15, 0.2) is 12.4 Å². The molecule has 0 unspecified atom stereocenters. The molecule has 0 saturated heterocycles. The number of carbonyl (C=O) groups excluding carboxylic acids is 1. The molecule has 1 heterocycles. The van der Waals surface area contributed by atoms with Gasteiger partial charge >= 0.3 is 5.63 Å². The summed E-state index contributed by atoms with van der Waals surface area (Å²) in [7, 11) is 1.38. The highest BCUT2D eigenvalue weighted by Crippen LogP contribution is 2.18. The number of benzene rings is 1.